The monoisotopic (exact) mass is 193 g/mol. The van der Waals surface area contributed by atoms with Crippen LogP contribution < -0.4 is 5.73 Å². The summed E-state index contributed by atoms with van der Waals surface area (Å²) in [5.74, 6) is 3.20. The van der Waals surface area contributed by atoms with Crippen LogP contribution in [0.15, 0.2) is 18.2 Å². The first kappa shape index (κ1) is 10.1. The number of hydrogen-bond donors (Lipinski definition) is 1. The summed E-state index contributed by atoms with van der Waals surface area (Å²) in [6.07, 6.45) is 0. The number of ether oxygens (including phenoxy) is 1. The second-order valence-corrected chi connectivity index (χ2v) is 2.48. The molecule has 3 nitrogen and oxygen atoms in total. The van der Waals surface area contributed by atoms with E-state index in [1.165, 1.54) is 25.3 Å². The Balaban J connectivity index is 3.00. The van der Waals surface area contributed by atoms with Gasteiger partial charge in [0.25, 0.3) is 0 Å². The van der Waals surface area contributed by atoms with Gasteiger partial charge in [-0.1, -0.05) is 5.92 Å². The van der Waals surface area contributed by atoms with Gasteiger partial charge in [-0.05, 0) is 18.2 Å². The minimum Gasteiger partial charge on any atom is -0.459 e. The van der Waals surface area contributed by atoms with E-state index in [9.17, 15) is 9.18 Å². The summed E-state index contributed by atoms with van der Waals surface area (Å²) in [6.45, 7) is 0. The Kier molecular flexibility index (Phi) is 3.08. The molecule has 4 heteroatoms. The van der Waals surface area contributed by atoms with Gasteiger partial charge in [0.1, 0.15) is 5.82 Å². The molecule has 0 radical (unpaired) electrons. The number of rotatable bonds is 0. The maximum absolute atomic E-state index is 13.0. The highest BCUT2D eigenvalue weighted by molar-refractivity contribution is 5.89. The van der Waals surface area contributed by atoms with Crippen LogP contribution >= 0.6 is 0 Å². The molecule has 0 heterocycles. The van der Waals surface area contributed by atoms with Crippen molar-refractivity contribution in [1.82, 2.24) is 0 Å². The van der Waals surface area contributed by atoms with Crippen molar-refractivity contribution in [1.29, 1.82) is 0 Å². The minimum absolute atomic E-state index is 0.0791. The van der Waals surface area contributed by atoms with Gasteiger partial charge < -0.3 is 10.5 Å². The Morgan fingerprint density at radius 1 is 1.57 bits per heavy atom. The van der Waals surface area contributed by atoms with E-state index < -0.39 is 11.8 Å². The summed E-state index contributed by atoms with van der Waals surface area (Å²) in [6, 6.07) is 3.96. The van der Waals surface area contributed by atoms with E-state index in [0.717, 1.165) is 0 Å². The van der Waals surface area contributed by atoms with Crippen LogP contribution in [0.25, 0.3) is 0 Å². The lowest BCUT2D eigenvalue weighted by Gasteiger charge is -1.95. The summed E-state index contributed by atoms with van der Waals surface area (Å²) >= 11 is 0. The highest BCUT2D eigenvalue weighted by Gasteiger charge is 1.99. The SMILES string of the molecule is COC(=O)C#Cc1cc(N)ccc1F. The molecule has 0 spiro atoms. The van der Waals surface area contributed by atoms with Crippen molar-refractivity contribution in [3.05, 3.63) is 29.6 Å². The lowest BCUT2D eigenvalue weighted by Crippen LogP contribution is -1.95. The zero-order chi connectivity index (χ0) is 10.6. The van der Waals surface area contributed by atoms with E-state index in [-0.39, 0.29) is 5.56 Å². The van der Waals surface area contributed by atoms with Gasteiger partial charge in [-0.25, -0.2) is 9.18 Å². The molecule has 0 fully saturated rings. The topological polar surface area (TPSA) is 52.3 Å². The molecule has 0 atom stereocenters. The van der Waals surface area contributed by atoms with E-state index >= 15 is 0 Å². The van der Waals surface area contributed by atoms with Crippen LogP contribution in [0.4, 0.5) is 10.1 Å². The number of methoxy groups -OCH3 is 1. The average molecular weight is 193 g/mol. The summed E-state index contributed by atoms with van der Waals surface area (Å²) in [4.78, 5) is 10.6. The van der Waals surface area contributed by atoms with Gasteiger partial charge in [0, 0.05) is 11.6 Å². The van der Waals surface area contributed by atoms with Crippen LogP contribution in [0, 0.1) is 17.7 Å². The summed E-state index contributed by atoms with van der Waals surface area (Å²) in [7, 11) is 1.20. The maximum Gasteiger partial charge on any atom is 0.384 e. The van der Waals surface area contributed by atoms with Crippen LogP contribution in [0.1, 0.15) is 5.56 Å². The molecule has 0 saturated carbocycles. The van der Waals surface area contributed by atoms with Crippen molar-refractivity contribution >= 4 is 11.7 Å². The summed E-state index contributed by atoms with van der Waals surface area (Å²) in [5, 5.41) is 0. The van der Waals surface area contributed by atoms with Crippen LogP contribution in [0.3, 0.4) is 0 Å². The zero-order valence-electron chi connectivity index (χ0n) is 7.50. The first-order chi connectivity index (χ1) is 6.63. The Hall–Kier alpha value is -2.02. The third-order valence-electron chi connectivity index (χ3n) is 1.48. The molecular weight excluding hydrogens is 185 g/mol. The molecular formula is C10H8FNO2. The van der Waals surface area contributed by atoms with Crippen LogP contribution in [0.5, 0.6) is 0 Å². The quantitative estimate of drug-likeness (QED) is 0.379. The van der Waals surface area contributed by atoms with E-state index in [2.05, 4.69) is 16.6 Å². The molecule has 0 aliphatic heterocycles. The number of benzene rings is 1. The van der Waals surface area contributed by atoms with Gasteiger partial charge in [-0.15, -0.1) is 0 Å². The number of carbonyl (C=O) groups excluding carboxylic acids is 1. The second kappa shape index (κ2) is 4.28. The van der Waals surface area contributed by atoms with Gasteiger partial charge in [-0.2, -0.15) is 0 Å². The first-order valence-electron chi connectivity index (χ1n) is 3.78. The van der Waals surface area contributed by atoms with Gasteiger partial charge in [0.15, 0.2) is 0 Å². The molecule has 0 unspecified atom stereocenters. The Morgan fingerprint density at radius 2 is 2.29 bits per heavy atom. The smallest absolute Gasteiger partial charge is 0.384 e. The van der Waals surface area contributed by atoms with Crippen molar-refractivity contribution in [3.63, 3.8) is 0 Å². The summed E-state index contributed by atoms with van der Waals surface area (Å²) < 4.78 is 17.3. The Bertz CT molecular complexity index is 418. The van der Waals surface area contributed by atoms with Gasteiger partial charge in [-0.3, -0.25) is 0 Å². The fraction of sp³-hybridized carbons (Fsp3) is 0.100. The van der Waals surface area contributed by atoms with E-state index in [4.69, 9.17) is 5.73 Å². The predicted octanol–water partition coefficient (Wildman–Crippen LogP) is 0.932. The number of nitrogen functional groups attached to an aromatic ring is 1. The minimum atomic E-state index is -0.716. The molecule has 72 valence electrons. The zero-order valence-corrected chi connectivity index (χ0v) is 7.50. The number of nitrogens with two attached hydrogens (primary N) is 1. The van der Waals surface area contributed by atoms with Crippen molar-refractivity contribution in [2.24, 2.45) is 0 Å². The molecule has 0 saturated heterocycles. The van der Waals surface area contributed by atoms with E-state index in [1.807, 2.05) is 0 Å². The van der Waals surface area contributed by atoms with Crippen molar-refractivity contribution in [2.45, 2.75) is 0 Å². The first-order valence-corrected chi connectivity index (χ1v) is 3.78. The lowest BCUT2D eigenvalue weighted by atomic mass is 10.2. The number of halogens is 1. The fourth-order valence-electron chi connectivity index (χ4n) is 0.808. The third-order valence-corrected chi connectivity index (χ3v) is 1.48. The third kappa shape index (κ3) is 2.49. The van der Waals surface area contributed by atoms with Crippen LogP contribution in [-0.2, 0) is 9.53 Å². The molecule has 1 aromatic rings. The normalized spacial score (nSPS) is 8.71. The van der Waals surface area contributed by atoms with Crippen LogP contribution in [-0.4, -0.2) is 13.1 Å². The van der Waals surface area contributed by atoms with Crippen LogP contribution in [0.2, 0.25) is 0 Å². The maximum atomic E-state index is 13.0. The molecule has 0 aliphatic carbocycles. The molecule has 2 N–H and O–H groups in total. The molecule has 0 bridgehead atoms. The Morgan fingerprint density at radius 3 is 2.93 bits per heavy atom. The van der Waals surface area contributed by atoms with Gasteiger partial charge in [0.2, 0.25) is 0 Å². The number of carbonyl (C=O) groups is 1. The largest absolute Gasteiger partial charge is 0.459 e. The highest BCUT2D eigenvalue weighted by atomic mass is 19.1. The van der Waals surface area contributed by atoms with Crippen molar-refractivity contribution < 1.29 is 13.9 Å². The molecule has 1 aromatic carbocycles. The lowest BCUT2D eigenvalue weighted by molar-refractivity contribution is -0.133. The molecule has 0 aromatic heterocycles. The average Bonchev–Trinajstić information content (AvgIpc) is 2.19. The van der Waals surface area contributed by atoms with E-state index in [0.29, 0.717) is 5.69 Å². The standard InChI is InChI=1S/C10H8FNO2/c1-14-10(13)5-2-7-6-8(12)3-4-9(7)11/h3-4,6H,12H2,1H3. The van der Waals surface area contributed by atoms with Gasteiger partial charge in [0.05, 0.1) is 12.7 Å². The second-order valence-electron chi connectivity index (χ2n) is 2.48. The summed E-state index contributed by atoms with van der Waals surface area (Å²) in [5.41, 5.74) is 5.88. The molecule has 14 heavy (non-hydrogen) atoms. The van der Waals surface area contributed by atoms with E-state index in [1.54, 1.807) is 0 Å². The van der Waals surface area contributed by atoms with Gasteiger partial charge >= 0.3 is 5.97 Å². The fourth-order valence-corrected chi connectivity index (χ4v) is 0.808. The van der Waals surface area contributed by atoms with Crippen molar-refractivity contribution in [2.75, 3.05) is 12.8 Å². The highest BCUT2D eigenvalue weighted by Crippen LogP contribution is 2.10. The molecule has 0 aliphatic rings. The Labute approximate surface area is 80.7 Å². The predicted molar refractivity (Wildman–Crippen MR) is 49.7 cm³/mol. The molecule has 0 amide bonds. The number of hydrogen-bond acceptors (Lipinski definition) is 3. The number of anilines is 1. The molecule has 1 rings (SSSR count). The van der Waals surface area contributed by atoms with Crippen molar-refractivity contribution in [3.8, 4) is 11.8 Å². The number of esters is 1.